The van der Waals surface area contributed by atoms with Crippen LogP contribution in [0.1, 0.15) is 22.3 Å². The molecule has 0 unspecified atom stereocenters. The molecule has 0 saturated carbocycles. The highest BCUT2D eigenvalue weighted by Crippen LogP contribution is 2.27. The van der Waals surface area contributed by atoms with Gasteiger partial charge < -0.3 is 15.7 Å². The molecule has 0 spiro atoms. The van der Waals surface area contributed by atoms with E-state index in [0.717, 1.165) is 15.8 Å². The second kappa shape index (κ2) is 10.9. The summed E-state index contributed by atoms with van der Waals surface area (Å²) in [5.74, 6) is -2.11. The van der Waals surface area contributed by atoms with Gasteiger partial charge >= 0.3 is 11.9 Å². The van der Waals surface area contributed by atoms with Crippen LogP contribution in [-0.4, -0.2) is 22.2 Å². The van der Waals surface area contributed by atoms with Gasteiger partial charge in [-0.05, 0) is 58.7 Å². The molecule has 0 aliphatic heterocycles. The molecule has 4 rings (SSSR count). The zero-order valence-corrected chi connectivity index (χ0v) is 19.2. The van der Waals surface area contributed by atoms with Gasteiger partial charge in [-0.25, -0.2) is 14.3 Å². The van der Waals surface area contributed by atoms with E-state index in [1.165, 1.54) is 0 Å². The minimum atomic E-state index is -1.05. The Labute approximate surface area is 208 Å². The van der Waals surface area contributed by atoms with Crippen molar-refractivity contribution in [2.75, 3.05) is 0 Å². The van der Waals surface area contributed by atoms with Gasteiger partial charge in [0, 0.05) is 24.3 Å². The van der Waals surface area contributed by atoms with Gasteiger partial charge in [0.2, 0.25) is 0 Å². The fraction of sp³-hybridized carbons (Fsp3) is 0. The van der Waals surface area contributed by atoms with E-state index in [-0.39, 0.29) is 11.1 Å². The summed E-state index contributed by atoms with van der Waals surface area (Å²) >= 11 is 0. The number of carboxylic acid groups (broad SMARTS) is 2. The van der Waals surface area contributed by atoms with Crippen molar-refractivity contribution in [1.82, 2.24) is 4.70 Å². The quantitative estimate of drug-likeness (QED) is 0.127. The zero-order chi connectivity index (χ0) is 25.5. The number of benzene rings is 4. The summed E-state index contributed by atoms with van der Waals surface area (Å²) in [6.07, 6.45) is 3.19. The molecule has 4 aromatic rings. The molecular weight excluding hydrogens is 452 g/mol. The summed E-state index contributed by atoms with van der Waals surface area (Å²) in [4.78, 5) is 23.6. The Hall–Kier alpha value is -5.10. The molecule has 0 saturated heterocycles. The Morgan fingerprint density at radius 1 is 0.556 bits per heavy atom. The molecule has 36 heavy (non-hydrogen) atoms. The standard InChI is InChI=1S/C30H22N2O4/c31-32(25-15-11-23(12-16-25)27(29(33)34)19-21-7-3-1-4-8-21)26-17-13-24(14-18-26)28(30(35)36)20-22-9-5-2-6-10-22/h1-20H,(H,33,34)(H,35,36). The van der Waals surface area contributed by atoms with Gasteiger partial charge in [0.15, 0.2) is 11.4 Å². The largest absolute Gasteiger partial charge is 0.493 e. The number of carboxylic acids is 2. The predicted molar refractivity (Wildman–Crippen MR) is 142 cm³/mol. The molecule has 6 nitrogen and oxygen atoms in total. The summed E-state index contributed by atoms with van der Waals surface area (Å²) in [7, 11) is 0. The van der Waals surface area contributed by atoms with Gasteiger partial charge in [-0.1, -0.05) is 60.7 Å². The minimum absolute atomic E-state index is 0.132. The van der Waals surface area contributed by atoms with Gasteiger partial charge in [0.25, 0.3) is 0 Å². The second-order valence-electron chi connectivity index (χ2n) is 7.95. The molecular formula is C30H22N2O4. The van der Waals surface area contributed by atoms with Crippen molar-refractivity contribution in [3.63, 3.8) is 0 Å². The summed E-state index contributed by atoms with van der Waals surface area (Å²) in [5, 5.41) is 19.3. The Bertz CT molecular complexity index is 1340. The first-order chi connectivity index (χ1) is 17.4. The lowest BCUT2D eigenvalue weighted by molar-refractivity contribution is -0.131. The molecule has 176 valence electrons. The van der Waals surface area contributed by atoms with Gasteiger partial charge in [-0.3, -0.25) is 0 Å². The fourth-order valence-corrected chi connectivity index (χ4v) is 3.68. The lowest BCUT2D eigenvalue weighted by Crippen LogP contribution is -2.02. The second-order valence-corrected chi connectivity index (χ2v) is 7.95. The summed E-state index contributed by atoms with van der Waals surface area (Å²) in [6, 6.07) is 31.3. The van der Waals surface area contributed by atoms with E-state index in [1.807, 2.05) is 60.7 Å². The molecule has 4 aromatic carbocycles. The lowest BCUT2D eigenvalue weighted by atomic mass is 10.0. The lowest BCUT2D eigenvalue weighted by Gasteiger charge is -2.09. The smallest absolute Gasteiger partial charge is 0.336 e. The Morgan fingerprint density at radius 3 is 1.19 bits per heavy atom. The Balaban J connectivity index is 1.57. The first-order valence-corrected chi connectivity index (χ1v) is 11.1. The summed E-state index contributed by atoms with van der Waals surface area (Å²) < 4.78 is 0.955. The zero-order valence-electron chi connectivity index (χ0n) is 19.2. The monoisotopic (exact) mass is 474 g/mol. The first kappa shape index (κ1) is 24.0. The molecule has 2 N–H and O–H groups in total. The van der Waals surface area contributed by atoms with Crippen molar-refractivity contribution in [3.05, 3.63) is 137 Å². The average Bonchev–Trinajstić information content (AvgIpc) is 2.91. The van der Waals surface area contributed by atoms with Crippen LogP contribution in [0.4, 0.5) is 11.4 Å². The molecule has 0 fully saturated rings. The average molecular weight is 475 g/mol. The van der Waals surface area contributed by atoms with Crippen LogP contribution in [0.15, 0.2) is 109 Å². The van der Waals surface area contributed by atoms with Gasteiger partial charge in [-0.2, -0.15) is 0 Å². The van der Waals surface area contributed by atoms with Gasteiger partial charge in [0.05, 0.1) is 11.1 Å². The molecule has 0 aliphatic rings. The molecule has 0 heterocycles. The van der Waals surface area contributed by atoms with E-state index in [1.54, 1.807) is 60.7 Å². The molecule has 0 aromatic heterocycles. The van der Waals surface area contributed by atoms with E-state index in [9.17, 15) is 25.3 Å². The van der Waals surface area contributed by atoms with Crippen LogP contribution in [0.2, 0.25) is 0 Å². The predicted octanol–water partition coefficient (Wildman–Crippen LogP) is 6.79. The number of nitrogens with zero attached hydrogens (tertiary/aromatic N) is 2. The third-order valence-electron chi connectivity index (χ3n) is 5.53. The van der Waals surface area contributed by atoms with Crippen LogP contribution in [0.3, 0.4) is 0 Å². The Kier molecular flexibility index (Phi) is 7.27. The highest BCUT2D eigenvalue weighted by molar-refractivity contribution is 6.21. The number of aliphatic carboxylic acids is 2. The van der Waals surface area contributed by atoms with Crippen LogP contribution in [0.25, 0.3) is 28.8 Å². The van der Waals surface area contributed by atoms with E-state index in [4.69, 9.17) is 0 Å². The molecule has 0 bridgehead atoms. The normalized spacial score (nSPS) is 11.7. The Morgan fingerprint density at radius 2 is 0.889 bits per heavy atom. The van der Waals surface area contributed by atoms with Crippen LogP contribution >= 0.6 is 0 Å². The van der Waals surface area contributed by atoms with Crippen molar-refractivity contribution in [3.8, 4) is 0 Å². The fourth-order valence-electron chi connectivity index (χ4n) is 3.68. The highest BCUT2D eigenvalue weighted by atomic mass is 16.4. The van der Waals surface area contributed by atoms with Crippen molar-refractivity contribution < 1.29 is 19.8 Å². The van der Waals surface area contributed by atoms with Crippen LogP contribution in [-0.2, 0) is 9.59 Å². The van der Waals surface area contributed by atoms with E-state index >= 15 is 0 Å². The van der Waals surface area contributed by atoms with Crippen molar-refractivity contribution in [1.29, 1.82) is 0 Å². The van der Waals surface area contributed by atoms with Crippen LogP contribution < -0.4 is 4.70 Å². The maximum Gasteiger partial charge on any atom is 0.336 e. The minimum Gasteiger partial charge on any atom is -0.493 e. The molecule has 6 heteroatoms. The number of carbonyl (C=O) groups is 2. The van der Waals surface area contributed by atoms with Crippen LogP contribution in [0, 0.1) is 0 Å². The maximum atomic E-state index is 11.8. The third kappa shape index (κ3) is 5.69. The van der Waals surface area contributed by atoms with Gasteiger partial charge in [0.1, 0.15) is 0 Å². The van der Waals surface area contributed by atoms with E-state index < -0.39 is 11.9 Å². The van der Waals surface area contributed by atoms with Crippen molar-refractivity contribution >= 4 is 46.6 Å². The third-order valence-corrected chi connectivity index (χ3v) is 5.53. The molecule has 0 radical (unpaired) electrons. The number of hydrogen-bond acceptors (Lipinski definition) is 2. The number of hydrogen-bond donors (Lipinski definition) is 2. The van der Waals surface area contributed by atoms with Crippen molar-refractivity contribution in [2.45, 2.75) is 0 Å². The van der Waals surface area contributed by atoms with E-state index in [0.29, 0.717) is 22.5 Å². The van der Waals surface area contributed by atoms with E-state index in [2.05, 4.69) is 0 Å². The SMILES string of the molecule is [N-]=[N+](c1ccc(C(=Cc2ccccc2)C(=O)O)cc1)c1ccc(C(=Cc2ccccc2)C(=O)O)cc1. The molecule has 0 amide bonds. The molecule has 0 aliphatic carbocycles. The highest BCUT2D eigenvalue weighted by Gasteiger charge is 2.15. The van der Waals surface area contributed by atoms with Gasteiger partial charge in [-0.15, -0.1) is 0 Å². The first-order valence-electron chi connectivity index (χ1n) is 11.1. The van der Waals surface area contributed by atoms with Crippen molar-refractivity contribution in [2.24, 2.45) is 0 Å². The molecule has 0 atom stereocenters. The number of rotatable bonds is 8. The summed E-state index contributed by atoms with van der Waals surface area (Å²) in [5.41, 5.74) is 14.4. The summed E-state index contributed by atoms with van der Waals surface area (Å²) in [6.45, 7) is 0. The van der Waals surface area contributed by atoms with Crippen LogP contribution in [0.5, 0.6) is 0 Å². The maximum absolute atomic E-state index is 11.8. The topological polar surface area (TPSA) is 99.9 Å².